The molecule has 0 aromatic heterocycles. The van der Waals surface area contributed by atoms with Gasteiger partial charge in [-0.15, -0.1) is 0 Å². The van der Waals surface area contributed by atoms with Crippen LogP contribution >= 0.6 is 0 Å². The van der Waals surface area contributed by atoms with Crippen molar-refractivity contribution in [3.63, 3.8) is 0 Å². The van der Waals surface area contributed by atoms with Crippen LogP contribution in [0.2, 0.25) is 0 Å². The fourth-order valence-corrected chi connectivity index (χ4v) is 2.22. The van der Waals surface area contributed by atoms with Crippen LogP contribution in [-0.4, -0.2) is 4.98 Å². The standard InChI is InChI=1S/C14H11NO/c1-9-4-2-5-10-8-15-11-6-3-7-12(16)14(11)13(9)10/h2-8,15H,1H3. The zero-order chi connectivity index (χ0) is 11.1. The minimum atomic E-state index is 0.0775. The molecule has 0 saturated carbocycles. The van der Waals surface area contributed by atoms with E-state index in [-0.39, 0.29) is 5.43 Å². The molecule has 16 heavy (non-hydrogen) atoms. The van der Waals surface area contributed by atoms with E-state index in [1.807, 2.05) is 37.4 Å². The fraction of sp³-hybridized carbons (Fsp3) is 0.0714. The van der Waals surface area contributed by atoms with Crippen molar-refractivity contribution in [3.05, 3.63) is 58.4 Å². The van der Waals surface area contributed by atoms with E-state index in [1.54, 1.807) is 12.1 Å². The summed E-state index contributed by atoms with van der Waals surface area (Å²) >= 11 is 0. The first-order valence-electron chi connectivity index (χ1n) is 5.27. The molecule has 0 unspecified atom stereocenters. The van der Waals surface area contributed by atoms with Gasteiger partial charge in [0.2, 0.25) is 0 Å². The molecule has 1 aliphatic carbocycles. The molecule has 0 saturated heterocycles. The number of rotatable bonds is 0. The zero-order valence-electron chi connectivity index (χ0n) is 8.95. The molecule has 0 atom stereocenters. The van der Waals surface area contributed by atoms with E-state index >= 15 is 0 Å². The minimum absolute atomic E-state index is 0.0775. The van der Waals surface area contributed by atoms with Gasteiger partial charge in [-0.3, -0.25) is 4.79 Å². The van der Waals surface area contributed by atoms with Crippen LogP contribution in [0, 0.1) is 6.92 Å². The summed E-state index contributed by atoms with van der Waals surface area (Å²) in [6.07, 6.45) is 1.95. The molecule has 78 valence electrons. The highest BCUT2D eigenvalue weighted by atomic mass is 16.1. The summed E-state index contributed by atoms with van der Waals surface area (Å²) in [5, 5.41) is 2.14. The first kappa shape index (κ1) is 9.16. The van der Waals surface area contributed by atoms with Crippen LogP contribution in [0.25, 0.3) is 22.0 Å². The summed E-state index contributed by atoms with van der Waals surface area (Å²) in [5.74, 6) is 0. The Morgan fingerprint density at radius 2 is 1.88 bits per heavy atom. The maximum atomic E-state index is 11.9. The second kappa shape index (κ2) is 3.20. The van der Waals surface area contributed by atoms with Crippen LogP contribution in [-0.2, 0) is 0 Å². The van der Waals surface area contributed by atoms with Crippen molar-refractivity contribution >= 4 is 10.8 Å². The van der Waals surface area contributed by atoms with Crippen LogP contribution in [0.3, 0.4) is 0 Å². The highest BCUT2D eigenvalue weighted by molar-refractivity contribution is 5.98. The third kappa shape index (κ3) is 1.16. The average molecular weight is 209 g/mol. The molecule has 2 aliphatic rings. The highest BCUT2D eigenvalue weighted by Gasteiger charge is 2.11. The molecular weight excluding hydrogens is 198 g/mol. The normalized spacial score (nSPS) is 11.1. The summed E-state index contributed by atoms with van der Waals surface area (Å²) in [5.41, 5.74) is 2.90. The summed E-state index contributed by atoms with van der Waals surface area (Å²) < 4.78 is 0. The number of fused-ring (bicyclic) bond motifs is 3. The number of nitrogens with one attached hydrogen (secondary N) is 1. The van der Waals surface area contributed by atoms with Crippen molar-refractivity contribution in [2.45, 2.75) is 6.92 Å². The predicted molar refractivity (Wildman–Crippen MR) is 65.9 cm³/mol. The first-order valence-corrected chi connectivity index (χ1v) is 5.27. The lowest BCUT2D eigenvalue weighted by Crippen LogP contribution is -2.06. The van der Waals surface area contributed by atoms with E-state index in [2.05, 4.69) is 4.98 Å². The van der Waals surface area contributed by atoms with E-state index in [0.717, 1.165) is 27.6 Å². The molecule has 0 fully saturated rings. The van der Waals surface area contributed by atoms with E-state index in [1.165, 1.54) is 0 Å². The monoisotopic (exact) mass is 209 g/mol. The Balaban J connectivity index is 2.66. The summed E-state index contributed by atoms with van der Waals surface area (Å²) in [6, 6.07) is 11.4. The maximum absolute atomic E-state index is 11.9. The highest BCUT2D eigenvalue weighted by Crippen LogP contribution is 2.27. The molecule has 1 aromatic carbocycles. The number of aromatic nitrogens is 1. The molecule has 2 heteroatoms. The van der Waals surface area contributed by atoms with E-state index < -0.39 is 0 Å². The van der Waals surface area contributed by atoms with Crippen LogP contribution < -0.4 is 5.43 Å². The maximum Gasteiger partial charge on any atom is 0.188 e. The van der Waals surface area contributed by atoms with Crippen molar-refractivity contribution < 1.29 is 0 Å². The van der Waals surface area contributed by atoms with Gasteiger partial charge in [0.1, 0.15) is 0 Å². The van der Waals surface area contributed by atoms with Crippen LogP contribution in [0.4, 0.5) is 0 Å². The smallest absolute Gasteiger partial charge is 0.188 e. The van der Waals surface area contributed by atoms with Gasteiger partial charge >= 0.3 is 0 Å². The molecule has 1 heterocycles. The fourth-order valence-electron chi connectivity index (χ4n) is 2.22. The quantitative estimate of drug-likeness (QED) is 0.567. The molecular formula is C14H11NO. The Labute approximate surface area is 92.9 Å². The molecule has 0 bridgehead atoms. The van der Waals surface area contributed by atoms with Gasteiger partial charge in [0, 0.05) is 11.9 Å². The van der Waals surface area contributed by atoms with Crippen LogP contribution in [0.15, 0.2) is 47.4 Å². The third-order valence-electron chi connectivity index (χ3n) is 2.96. The van der Waals surface area contributed by atoms with Gasteiger partial charge < -0.3 is 4.98 Å². The summed E-state index contributed by atoms with van der Waals surface area (Å²) in [6.45, 7) is 2.04. The topological polar surface area (TPSA) is 32.9 Å². The SMILES string of the molecule is Cc1cccc2c[nH]c3cccc(=O)c-3c12. The number of aryl methyl sites for hydroxylation is 1. The molecule has 1 aromatic rings. The van der Waals surface area contributed by atoms with Crippen molar-refractivity contribution in [1.29, 1.82) is 0 Å². The minimum Gasteiger partial charge on any atom is -0.360 e. The Hall–Kier alpha value is -2.09. The lowest BCUT2D eigenvalue weighted by atomic mass is 9.98. The zero-order valence-corrected chi connectivity index (χ0v) is 8.95. The number of benzene rings is 2. The lowest BCUT2D eigenvalue weighted by molar-refractivity contribution is 1.33. The second-order valence-electron chi connectivity index (χ2n) is 4.01. The van der Waals surface area contributed by atoms with E-state index in [4.69, 9.17) is 0 Å². The number of hydrogen-bond acceptors (Lipinski definition) is 1. The van der Waals surface area contributed by atoms with Crippen molar-refractivity contribution in [2.24, 2.45) is 0 Å². The van der Waals surface area contributed by atoms with Gasteiger partial charge in [-0.25, -0.2) is 0 Å². The molecule has 1 aliphatic heterocycles. The van der Waals surface area contributed by atoms with Crippen LogP contribution in [0.5, 0.6) is 0 Å². The van der Waals surface area contributed by atoms with E-state index in [0.29, 0.717) is 0 Å². The number of pyridine rings is 1. The molecule has 3 rings (SSSR count). The summed E-state index contributed by atoms with van der Waals surface area (Å²) in [4.78, 5) is 15.1. The second-order valence-corrected chi connectivity index (χ2v) is 4.01. The van der Waals surface area contributed by atoms with Crippen molar-refractivity contribution in [2.75, 3.05) is 0 Å². The Bertz CT molecular complexity index is 697. The molecule has 0 radical (unpaired) electrons. The summed E-state index contributed by atoms with van der Waals surface area (Å²) in [7, 11) is 0. The lowest BCUT2D eigenvalue weighted by Gasteiger charge is -2.10. The first-order chi connectivity index (χ1) is 7.77. The third-order valence-corrected chi connectivity index (χ3v) is 2.96. The molecule has 0 spiro atoms. The van der Waals surface area contributed by atoms with Crippen molar-refractivity contribution in [1.82, 2.24) is 4.98 Å². The number of H-pyrrole nitrogens is 1. The largest absolute Gasteiger partial charge is 0.360 e. The van der Waals surface area contributed by atoms with Gasteiger partial charge in [-0.05, 0) is 35.4 Å². The van der Waals surface area contributed by atoms with E-state index in [9.17, 15) is 4.79 Å². The van der Waals surface area contributed by atoms with Gasteiger partial charge in [0.05, 0.1) is 5.56 Å². The van der Waals surface area contributed by atoms with Gasteiger partial charge in [0.15, 0.2) is 5.43 Å². The molecule has 1 N–H and O–H groups in total. The van der Waals surface area contributed by atoms with Gasteiger partial charge in [-0.2, -0.15) is 0 Å². The van der Waals surface area contributed by atoms with Gasteiger partial charge in [-0.1, -0.05) is 24.3 Å². The predicted octanol–water partition coefficient (Wildman–Crippen LogP) is 2.94. The molecule has 2 nitrogen and oxygen atoms in total. The molecule has 0 amide bonds. The Morgan fingerprint density at radius 1 is 1.06 bits per heavy atom. The van der Waals surface area contributed by atoms with Crippen molar-refractivity contribution in [3.8, 4) is 11.3 Å². The van der Waals surface area contributed by atoms with Crippen LogP contribution in [0.1, 0.15) is 5.56 Å². The number of aromatic amines is 1. The Kier molecular flexibility index (Phi) is 1.83. The Morgan fingerprint density at radius 3 is 2.75 bits per heavy atom. The van der Waals surface area contributed by atoms with Gasteiger partial charge in [0.25, 0.3) is 0 Å². The average Bonchev–Trinajstić information content (AvgIpc) is 2.29. The number of hydrogen-bond donors (Lipinski definition) is 1.